The summed E-state index contributed by atoms with van der Waals surface area (Å²) in [6.07, 6.45) is 2.77. The predicted octanol–water partition coefficient (Wildman–Crippen LogP) is 2.47. The van der Waals surface area contributed by atoms with E-state index in [4.69, 9.17) is 16.3 Å². The summed E-state index contributed by atoms with van der Waals surface area (Å²) >= 11 is 6.18. The summed E-state index contributed by atoms with van der Waals surface area (Å²) in [7, 11) is 0.729. The van der Waals surface area contributed by atoms with E-state index in [0.29, 0.717) is 29.4 Å². The van der Waals surface area contributed by atoms with Gasteiger partial charge < -0.3 is 9.64 Å². The van der Waals surface area contributed by atoms with Crippen LogP contribution >= 0.6 is 11.6 Å². The maximum Gasteiger partial charge on any atom is 0.259 e. The van der Waals surface area contributed by atoms with Crippen molar-refractivity contribution in [3.8, 4) is 5.75 Å². The van der Waals surface area contributed by atoms with Crippen LogP contribution in [0.3, 0.4) is 0 Å². The third-order valence-electron chi connectivity index (χ3n) is 4.31. The second kappa shape index (κ2) is 5.97. The molecule has 3 atom stereocenters. The number of ether oxygens (including phenoxy) is 1. The predicted molar refractivity (Wildman–Crippen MR) is 83.5 cm³/mol. The van der Waals surface area contributed by atoms with Gasteiger partial charge in [0.25, 0.3) is 5.91 Å². The summed E-state index contributed by atoms with van der Waals surface area (Å²) in [6.45, 7) is 1.19. The van der Waals surface area contributed by atoms with Crippen molar-refractivity contribution in [2.75, 3.05) is 20.2 Å². The number of amides is 1. The third-order valence-corrected chi connectivity index (χ3v) is 6.79. The standard InChI is InChI=1S/C15H18ClNO3S/c1-20-13-4-2-3-12(16)14(13)15(18)17-8-7-10-5-6-11(9-17)21(10)19/h2-4,10-11H,5-9H2,1H3. The summed E-state index contributed by atoms with van der Waals surface area (Å²) < 4.78 is 17.5. The van der Waals surface area contributed by atoms with Crippen molar-refractivity contribution in [3.63, 3.8) is 0 Å². The van der Waals surface area contributed by atoms with Gasteiger partial charge in [0.1, 0.15) is 11.3 Å². The van der Waals surface area contributed by atoms with Gasteiger partial charge in [-0.25, -0.2) is 0 Å². The summed E-state index contributed by atoms with van der Waals surface area (Å²) in [6, 6.07) is 5.19. The smallest absolute Gasteiger partial charge is 0.259 e. The lowest BCUT2D eigenvalue weighted by Gasteiger charge is -2.25. The summed E-state index contributed by atoms with van der Waals surface area (Å²) in [5, 5.41) is 0.755. The molecule has 2 bridgehead atoms. The number of likely N-dealkylation sites (tertiary alicyclic amines) is 1. The number of hydrogen-bond acceptors (Lipinski definition) is 3. The Labute approximate surface area is 131 Å². The van der Waals surface area contributed by atoms with Crippen LogP contribution in [0.15, 0.2) is 18.2 Å². The fraction of sp³-hybridized carbons (Fsp3) is 0.533. The van der Waals surface area contributed by atoms with Crippen molar-refractivity contribution in [2.24, 2.45) is 0 Å². The van der Waals surface area contributed by atoms with Gasteiger partial charge in [0.2, 0.25) is 0 Å². The molecule has 1 aromatic carbocycles. The SMILES string of the molecule is COc1cccc(Cl)c1C(=O)N1CCC2CCC(C1)S2=O. The molecule has 2 aliphatic rings. The van der Waals surface area contributed by atoms with Crippen LogP contribution in [0.5, 0.6) is 5.75 Å². The van der Waals surface area contributed by atoms with Gasteiger partial charge >= 0.3 is 0 Å². The van der Waals surface area contributed by atoms with Crippen LogP contribution in [0, 0.1) is 0 Å². The Morgan fingerprint density at radius 3 is 2.86 bits per heavy atom. The molecule has 0 spiro atoms. The topological polar surface area (TPSA) is 46.6 Å². The lowest BCUT2D eigenvalue weighted by molar-refractivity contribution is 0.0748. The number of rotatable bonds is 2. The highest BCUT2D eigenvalue weighted by Gasteiger charge is 2.38. The molecule has 2 fully saturated rings. The first-order valence-electron chi connectivity index (χ1n) is 7.13. The van der Waals surface area contributed by atoms with Crippen molar-refractivity contribution in [2.45, 2.75) is 29.8 Å². The molecule has 0 aromatic heterocycles. The molecule has 2 saturated heterocycles. The van der Waals surface area contributed by atoms with Crippen LogP contribution in [0.2, 0.25) is 5.02 Å². The molecule has 21 heavy (non-hydrogen) atoms. The Kier molecular flexibility index (Phi) is 4.22. The minimum atomic E-state index is -0.800. The average Bonchev–Trinajstić information content (AvgIpc) is 2.71. The first kappa shape index (κ1) is 14.9. The highest BCUT2D eigenvalue weighted by molar-refractivity contribution is 7.86. The van der Waals surface area contributed by atoms with Crippen molar-refractivity contribution in [1.29, 1.82) is 0 Å². The number of halogens is 1. The molecule has 114 valence electrons. The molecule has 3 rings (SSSR count). The van der Waals surface area contributed by atoms with Gasteiger partial charge in [-0.2, -0.15) is 0 Å². The molecule has 1 amide bonds. The molecule has 0 radical (unpaired) electrons. The van der Waals surface area contributed by atoms with Crippen LogP contribution in [-0.2, 0) is 10.8 Å². The number of nitrogens with zero attached hydrogens (tertiary/aromatic N) is 1. The Morgan fingerprint density at radius 2 is 2.10 bits per heavy atom. The quantitative estimate of drug-likeness (QED) is 0.838. The van der Waals surface area contributed by atoms with Crippen LogP contribution in [0.25, 0.3) is 0 Å². The van der Waals surface area contributed by atoms with Gasteiger partial charge in [0, 0.05) is 29.1 Å². The lowest BCUT2D eigenvalue weighted by Crippen LogP contribution is -2.37. The highest BCUT2D eigenvalue weighted by atomic mass is 35.5. The molecular weight excluding hydrogens is 310 g/mol. The van der Waals surface area contributed by atoms with Crippen molar-refractivity contribution in [3.05, 3.63) is 28.8 Å². The number of hydrogen-bond donors (Lipinski definition) is 0. The number of benzene rings is 1. The van der Waals surface area contributed by atoms with Crippen molar-refractivity contribution >= 4 is 28.3 Å². The van der Waals surface area contributed by atoms with E-state index in [9.17, 15) is 9.00 Å². The monoisotopic (exact) mass is 327 g/mol. The molecule has 0 aliphatic carbocycles. The van der Waals surface area contributed by atoms with Crippen molar-refractivity contribution in [1.82, 2.24) is 4.90 Å². The summed E-state index contributed by atoms with van der Waals surface area (Å²) in [5.74, 6) is 0.366. The summed E-state index contributed by atoms with van der Waals surface area (Å²) in [4.78, 5) is 14.6. The Bertz CT molecular complexity index is 592. The van der Waals surface area contributed by atoms with E-state index < -0.39 is 10.8 Å². The second-order valence-corrected chi connectivity index (χ2v) is 7.90. The van der Waals surface area contributed by atoms with E-state index in [0.717, 1.165) is 19.3 Å². The van der Waals surface area contributed by atoms with Gasteiger partial charge in [-0.3, -0.25) is 9.00 Å². The largest absolute Gasteiger partial charge is 0.496 e. The number of fused-ring (bicyclic) bond motifs is 2. The molecule has 1 aromatic rings. The molecule has 2 aliphatic heterocycles. The van der Waals surface area contributed by atoms with Crippen molar-refractivity contribution < 1.29 is 13.7 Å². The van der Waals surface area contributed by atoms with E-state index in [-0.39, 0.29) is 16.4 Å². The van der Waals surface area contributed by atoms with E-state index in [1.165, 1.54) is 7.11 Å². The van der Waals surface area contributed by atoms with Gasteiger partial charge in [0.05, 0.1) is 17.4 Å². The second-order valence-electron chi connectivity index (χ2n) is 5.51. The van der Waals surface area contributed by atoms with E-state index in [1.54, 1.807) is 23.1 Å². The summed E-state index contributed by atoms with van der Waals surface area (Å²) in [5.41, 5.74) is 0.408. The number of carbonyl (C=O) groups excluding carboxylic acids is 1. The van der Waals surface area contributed by atoms with E-state index >= 15 is 0 Å². The zero-order valence-corrected chi connectivity index (χ0v) is 13.5. The molecule has 0 N–H and O–H groups in total. The zero-order chi connectivity index (χ0) is 15.0. The fourth-order valence-electron chi connectivity index (χ4n) is 3.16. The van der Waals surface area contributed by atoms with Crippen LogP contribution in [0.4, 0.5) is 0 Å². The number of carbonyl (C=O) groups is 1. The Hall–Kier alpha value is -1.07. The molecule has 0 saturated carbocycles. The minimum Gasteiger partial charge on any atom is -0.496 e. The van der Waals surface area contributed by atoms with Crippen LogP contribution in [-0.4, -0.2) is 45.7 Å². The molecular formula is C15H18ClNO3S. The highest BCUT2D eigenvalue weighted by Crippen LogP contribution is 2.33. The Morgan fingerprint density at radius 1 is 1.33 bits per heavy atom. The van der Waals surface area contributed by atoms with E-state index in [1.807, 2.05) is 0 Å². The van der Waals surface area contributed by atoms with Gasteiger partial charge in [-0.1, -0.05) is 17.7 Å². The van der Waals surface area contributed by atoms with Crippen LogP contribution in [0.1, 0.15) is 29.6 Å². The zero-order valence-electron chi connectivity index (χ0n) is 11.9. The number of methoxy groups -OCH3 is 1. The molecule has 6 heteroatoms. The molecule has 3 unspecified atom stereocenters. The third kappa shape index (κ3) is 2.69. The maximum absolute atomic E-state index is 12.8. The average molecular weight is 328 g/mol. The van der Waals surface area contributed by atoms with Crippen LogP contribution < -0.4 is 4.74 Å². The lowest BCUT2D eigenvalue weighted by atomic mass is 10.1. The molecule has 4 nitrogen and oxygen atoms in total. The van der Waals surface area contributed by atoms with Gasteiger partial charge in [0.15, 0.2) is 0 Å². The first-order valence-corrected chi connectivity index (χ1v) is 8.78. The maximum atomic E-state index is 12.8. The Balaban J connectivity index is 1.88. The van der Waals surface area contributed by atoms with Gasteiger partial charge in [-0.15, -0.1) is 0 Å². The molecule has 2 heterocycles. The minimum absolute atomic E-state index is 0.106. The normalized spacial score (nSPS) is 28.3. The van der Waals surface area contributed by atoms with E-state index in [2.05, 4.69) is 0 Å². The first-order chi connectivity index (χ1) is 10.1. The van der Waals surface area contributed by atoms with Gasteiger partial charge in [-0.05, 0) is 31.4 Å². The fourth-order valence-corrected chi connectivity index (χ4v) is 5.36.